The lowest BCUT2D eigenvalue weighted by Crippen LogP contribution is -2.49. The van der Waals surface area contributed by atoms with E-state index in [0.717, 1.165) is 5.56 Å². The number of amides is 2. The summed E-state index contributed by atoms with van der Waals surface area (Å²) in [7, 11) is 0. The van der Waals surface area contributed by atoms with Crippen molar-refractivity contribution in [1.82, 2.24) is 10.2 Å². The smallest absolute Gasteiger partial charge is 0.408 e. The van der Waals surface area contributed by atoms with Gasteiger partial charge in [-0.1, -0.05) is 30.3 Å². The summed E-state index contributed by atoms with van der Waals surface area (Å²) in [4.78, 5) is 25.9. The van der Waals surface area contributed by atoms with Crippen LogP contribution in [0.4, 0.5) is 4.79 Å². The van der Waals surface area contributed by atoms with Crippen LogP contribution in [0.25, 0.3) is 0 Å². The molecule has 0 aliphatic rings. The van der Waals surface area contributed by atoms with Crippen molar-refractivity contribution in [3.63, 3.8) is 0 Å². The Morgan fingerprint density at radius 2 is 1.85 bits per heavy atom. The fourth-order valence-electron chi connectivity index (χ4n) is 2.39. The van der Waals surface area contributed by atoms with Crippen molar-refractivity contribution in [2.45, 2.75) is 52.4 Å². The third kappa shape index (κ3) is 9.96. The molecule has 152 valence electrons. The third-order valence-electron chi connectivity index (χ3n) is 3.61. The van der Waals surface area contributed by atoms with Crippen molar-refractivity contribution < 1.29 is 24.2 Å². The predicted molar refractivity (Wildman–Crippen MR) is 103 cm³/mol. The Bertz CT molecular complexity index is 571. The fourth-order valence-corrected chi connectivity index (χ4v) is 2.39. The molecule has 1 rings (SSSR count). The number of nitrogens with one attached hydrogen (secondary N) is 1. The summed E-state index contributed by atoms with van der Waals surface area (Å²) < 4.78 is 10.8. The van der Waals surface area contributed by atoms with Gasteiger partial charge in [-0.3, -0.25) is 4.79 Å². The first-order valence-corrected chi connectivity index (χ1v) is 9.24. The van der Waals surface area contributed by atoms with Crippen molar-refractivity contribution in [3.05, 3.63) is 35.9 Å². The van der Waals surface area contributed by atoms with Gasteiger partial charge in [0.05, 0.1) is 13.2 Å². The molecule has 7 heteroatoms. The molecule has 0 bridgehead atoms. The zero-order chi connectivity index (χ0) is 20.3. The monoisotopic (exact) mass is 380 g/mol. The highest BCUT2D eigenvalue weighted by Crippen LogP contribution is 2.07. The van der Waals surface area contributed by atoms with Crippen molar-refractivity contribution in [1.29, 1.82) is 0 Å². The highest BCUT2D eigenvalue weighted by molar-refractivity contribution is 5.85. The van der Waals surface area contributed by atoms with E-state index < -0.39 is 17.7 Å². The quantitative estimate of drug-likeness (QED) is 0.608. The van der Waals surface area contributed by atoms with Gasteiger partial charge in [-0.05, 0) is 39.7 Å². The Hall–Kier alpha value is -2.12. The van der Waals surface area contributed by atoms with Crippen molar-refractivity contribution in [3.8, 4) is 0 Å². The SMILES string of the molecule is CC(NC(=O)OC(C)(C)C)C(=O)N(CCO)CCCOCc1ccccc1. The lowest BCUT2D eigenvalue weighted by atomic mass is 10.2. The van der Waals surface area contributed by atoms with E-state index in [-0.39, 0.29) is 19.1 Å². The lowest BCUT2D eigenvalue weighted by molar-refractivity contribution is -0.133. The van der Waals surface area contributed by atoms with Gasteiger partial charge in [0.2, 0.25) is 5.91 Å². The van der Waals surface area contributed by atoms with Gasteiger partial charge in [-0.15, -0.1) is 0 Å². The molecule has 0 aliphatic heterocycles. The maximum absolute atomic E-state index is 12.5. The number of aliphatic hydroxyl groups is 1. The maximum Gasteiger partial charge on any atom is 0.408 e. The molecule has 0 saturated carbocycles. The van der Waals surface area contributed by atoms with Crippen LogP contribution in [0.3, 0.4) is 0 Å². The molecule has 0 radical (unpaired) electrons. The molecule has 2 N–H and O–H groups in total. The first-order chi connectivity index (χ1) is 12.7. The molecule has 0 fully saturated rings. The number of hydrogen-bond donors (Lipinski definition) is 2. The lowest BCUT2D eigenvalue weighted by Gasteiger charge is -2.26. The zero-order valence-corrected chi connectivity index (χ0v) is 16.7. The van der Waals surface area contributed by atoms with Gasteiger partial charge in [-0.2, -0.15) is 0 Å². The summed E-state index contributed by atoms with van der Waals surface area (Å²) in [5.74, 6) is -0.266. The number of ether oxygens (including phenoxy) is 2. The molecule has 7 nitrogen and oxygen atoms in total. The predicted octanol–water partition coefficient (Wildman–Crippen LogP) is 2.33. The van der Waals surface area contributed by atoms with E-state index in [1.54, 1.807) is 27.7 Å². The Balaban J connectivity index is 2.39. The minimum atomic E-state index is -0.739. The van der Waals surface area contributed by atoms with Gasteiger partial charge < -0.3 is 24.8 Å². The molecule has 27 heavy (non-hydrogen) atoms. The Labute approximate surface area is 161 Å². The highest BCUT2D eigenvalue weighted by Gasteiger charge is 2.24. The number of alkyl carbamates (subject to hydrolysis) is 1. The summed E-state index contributed by atoms with van der Waals surface area (Å²) >= 11 is 0. The highest BCUT2D eigenvalue weighted by atomic mass is 16.6. The molecule has 0 spiro atoms. The standard InChI is InChI=1S/C20H32N2O5/c1-16(21-19(25)27-20(2,3)4)18(24)22(12-13-23)11-8-14-26-15-17-9-6-5-7-10-17/h5-7,9-10,16,23H,8,11-15H2,1-4H3,(H,21,25). The normalized spacial score (nSPS) is 12.3. The molecule has 1 unspecified atom stereocenters. The molecular formula is C20H32N2O5. The molecule has 1 aromatic rings. The second-order valence-corrected chi connectivity index (χ2v) is 7.31. The van der Waals surface area contributed by atoms with Gasteiger partial charge in [0, 0.05) is 19.7 Å². The fraction of sp³-hybridized carbons (Fsp3) is 0.600. The first kappa shape index (κ1) is 22.9. The Morgan fingerprint density at radius 1 is 1.19 bits per heavy atom. The van der Waals surface area contributed by atoms with E-state index in [9.17, 15) is 14.7 Å². The third-order valence-corrected chi connectivity index (χ3v) is 3.61. The van der Waals surface area contributed by atoms with Crippen LogP contribution in [0.15, 0.2) is 30.3 Å². The molecule has 0 heterocycles. The number of rotatable bonds is 10. The number of carbonyl (C=O) groups is 2. The van der Waals surface area contributed by atoms with Crippen LogP contribution >= 0.6 is 0 Å². The van der Waals surface area contributed by atoms with Crippen LogP contribution in [0, 0.1) is 0 Å². The Morgan fingerprint density at radius 3 is 2.44 bits per heavy atom. The molecular weight excluding hydrogens is 348 g/mol. The van der Waals surface area contributed by atoms with E-state index in [2.05, 4.69) is 5.32 Å². The van der Waals surface area contributed by atoms with E-state index >= 15 is 0 Å². The number of carbonyl (C=O) groups excluding carboxylic acids is 2. The van der Waals surface area contributed by atoms with Crippen molar-refractivity contribution in [2.75, 3.05) is 26.3 Å². The molecule has 2 amide bonds. The number of nitrogens with zero attached hydrogens (tertiary/aromatic N) is 1. The number of aliphatic hydroxyl groups excluding tert-OH is 1. The van der Waals surface area contributed by atoms with E-state index in [0.29, 0.717) is 26.2 Å². The topological polar surface area (TPSA) is 88.1 Å². The van der Waals surface area contributed by atoms with Crippen LogP contribution in [-0.2, 0) is 20.9 Å². The molecule has 0 aliphatic carbocycles. The van der Waals surface area contributed by atoms with Crippen LogP contribution < -0.4 is 5.32 Å². The van der Waals surface area contributed by atoms with Gasteiger partial charge in [0.15, 0.2) is 0 Å². The molecule has 1 atom stereocenters. The van der Waals surface area contributed by atoms with Crippen LogP contribution in [0.5, 0.6) is 0 Å². The van der Waals surface area contributed by atoms with Crippen LogP contribution in [0.1, 0.15) is 39.7 Å². The first-order valence-electron chi connectivity index (χ1n) is 9.24. The van der Waals surface area contributed by atoms with Gasteiger partial charge in [-0.25, -0.2) is 4.79 Å². The van der Waals surface area contributed by atoms with E-state index in [1.165, 1.54) is 4.90 Å². The van der Waals surface area contributed by atoms with E-state index in [1.807, 2.05) is 30.3 Å². The molecule has 0 saturated heterocycles. The average Bonchev–Trinajstić information content (AvgIpc) is 2.59. The molecule has 1 aromatic carbocycles. The minimum Gasteiger partial charge on any atom is -0.444 e. The summed E-state index contributed by atoms with van der Waals surface area (Å²) in [6, 6.07) is 9.11. The second-order valence-electron chi connectivity index (χ2n) is 7.31. The number of benzene rings is 1. The second kappa shape index (κ2) is 11.6. The number of hydrogen-bond acceptors (Lipinski definition) is 5. The van der Waals surface area contributed by atoms with Crippen LogP contribution in [-0.4, -0.2) is 60.0 Å². The van der Waals surface area contributed by atoms with Gasteiger partial charge >= 0.3 is 6.09 Å². The maximum atomic E-state index is 12.5. The van der Waals surface area contributed by atoms with Gasteiger partial charge in [0.1, 0.15) is 11.6 Å². The van der Waals surface area contributed by atoms with E-state index in [4.69, 9.17) is 9.47 Å². The summed E-state index contributed by atoms with van der Waals surface area (Å²) in [5.41, 5.74) is 0.462. The summed E-state index contributed by atoms with van der Waals surface area (Å²) in [5, 5.41) is 11.7. The van der Waals surface area contributed by atoms with Crippen molar-refractivity contribution >= 4 is 12.0 Å². The summed E-state index contributed by atoms with van der Waals surface area (Å²) in [6.45, 7) is 8.39. The zero-order valence-electron chi connectivity index (χ0n) is 16.7. The largest absolute Gasteiger partial charge is 0.444 e. The summed E-state index contributed by atoms with van der Waals surface area (Å²) in [6.07, 6.45) is -0.00365. The van der Waals surface area contributed by atoms with Crippen LogP contribution in [0.2, 0.25) is 0 Å². The van der Waals surface area contributed by atoms with Crippen molar-refractivity contribution in [2.24, 2.45) is 0 Å². The molecule has 0 aromatic heterocycles. The Kier molecular flexibility index (Phi) is 9.82. The minimum absolute atomic E-state index is 0.143. The van der Waals surface area contributed by atoms with Gasteiger partial charge in [0.25, 0.3) is 0 Å². The average molecular weight is 380 g/mol.